The van der Waals surface area contributed by atoms with Crippen LogP contribution in [0.4, 0.5) is 5.13 Å². The van der Waals surface area contributed by atoms with E-state index in [1.807, 2.05) is 0 Å². The second kappa shape index (κ2) is 5.79. The topological polar surface area (TPSA) is 81.2 Å². The standard InChI is InChI=1S/C13H13N3O3S/c1-4-5-14-13-16-10(17)9-8(12(18)19-3)6-7(2)15-11(9)20-13/h4,6H,1,5H2,2-3H3,(H,14,16,17). The van der Waals surface area contributed by atoms with Crippen molar-refractivity contribution in [1.29, 1.82) is 0 Å². The molecule has 0 fully saturated rings. The second-order valence-corrected chi connectivity index (χ2v) is 4.95. The molecule has 2 rings (SSSR count). The van der Waals surface area contributed by atoms with Crippen LogP contribution in [0.15, 0.2) is 23.5 Å². The zero-order chi connectivity index (χ0) is 14.7. The zero-order valence-corrected chi connectivity index (χ0v) is 11.9. The molecular formula is C13H13N3O3S. The van der Waals surface area contributed by atoms with E-state index in [9.17, 15) is 9.59 Å². The molecule has 6 nitrogen and oxygen atoms in total. The molecule has 0 bridgehead atoms. The SMILES string of the molecule is C=CCNc1nc(=O)c2c(C(=O)OC)cc(C)nc2s1. The minimum Gasteiger partial charge on any atom is -0.465 e. The number of fused-ring (bicyclic) bond motifs is 1. The number of esters is 1. The van der Waals surface area contributed by atoms with E-state index in [4.69, 9.17) is 4.74 Å². The Balaban J connectivity index is 2.69. The van der Waals surface area contributed by atoms with Gasteiger partial charge in [0.15, 0.2) is 5.13 Å². The molecule has 0 saturated heterocycles. The molecule has 0 spiro atoms. The van der Waals surface area contributed by atoms with Gasteiger partial charge < -0.3 is 10.1 Å². The third-order valence-electron chi connectivity index (χ3n) is 2.53. The predicted molar refractivity (Wildman–Crippen MR) is 78.4 cm³/mol. The number of pyridine rings is 1. The van der Waals surface area contributed by atoms with Crippen molar-refractivity contribution in [3.63, 3.8) is 0 Å². The summed E-state index contributed by atoms with van der Waals surface area (Å²) in [5, 5.41) is 3.57. The van der Waals surface area contributed by atoms with E-state index in [1.54, 1.807) is 13.0 Å². The maximum Gasteiger partial charge on any atom is 0.338 e. The lowest BCUT2D eigenvalue weighted by molar-refractivity contribution is 0.0602. The number of rotatable bonds is 4. The highest BCUT2D eigenvalue weighted by atomic mass is 32.1. The van der Waals surface area contributed by atoms with Gasteiger partial charge in [-0.05, 0) is 13.0 Å². The average Bonchev–Trinajstić information content (AvgIpc) is 2.42. The number of ether oxygens (including phenoxy) is 1. The Morgan fingerprint density at radius 1 is 1.55 bits per heavy atom. The largest absolute Gasteiger partial charge is 0.465 e. The van der Waals surface area contributed by atoms with Gasteiger partial charge in [-0.15, -0.1) is 6.58 Å². The fraction of sp³-hybridized carbons (Fsp3) is 0.231. The minimum atomic E-state index is -0.571. The lowest BCUT2D eigenvalue weighted by atomic mass is 10.1. The molecule has 0 aliphatic heterocycles. The van der Waals surface area contributed by atoms with Crippen LogP contribution in [0.3, 0.4) is 0 Å². The summed E-state index contributed by atoms with van der Waals surface area (Å²) in [5.74, 6) is -0.571. The van der Waals surface area contributed by atoms with Gasteiger partial charge >= 0.3 is 5.97 Å². The van der Waals surface area contributed by atoms with Gasteiger partial charge in [-0.3, -0.25) is 4.79 Å². The van der Waals surface area contributed by atoms with E-state index in [0.717, 1.165) is 0 Å². The van der Waals surface area contributed by atoms with E-state index in [-0.39, 0.29) is 10.9 Å². The molecule has 0 aromatic carbocycles. The summed E-state index contributed by atoms with van der Waals surface area (Å²) in [6.45, 7) is 5.82. The van der Waals surface area contributed by atoms with Crippen molar-refractivity contribution in [3.05, 3.63) is 40.3 Å². The molecule has 0 radical (unpaired) electrons. The number of aryl methyl sites for hydroxylation is 1. The summed E-state index contributed by atoms with van der Waals surface area (Å²) in [5.41, 5.74) is 0.326. The molecule has 1 N–H and O–H groups in total. The van der Waals surface area contributed by atoms with Crippen LogP contribution in [-0.2, 0) is 4.74 Å². The highest BCUT2D eigenvalue weighted by Gasteiger charge is 2.17. The van der Waals surface area contributed by atoms with Crippen molar-refractivity contribution in [3.8, 4) is 0 Å². The van der Waals surface area contributed by atoms with Gasteiger partial charge in [0.05, 0.1) is 18.1 Å². The number of hydrogen-bond donors (Lipinski definition) is 1. The molecule has 2 aromatic rings. The van der Waals surface area contributed by atoms with E-state index < -0.39 is 11.5 Å². The molecule has 0 amide bonds. The minimum absolute atomic E-state index is 0.191. The van der Waals surface area contributed by atoms with Gasteiger partial charge in [0.2, 0.25) is 0 Å². The summed E-state index contributed by atoms with van der Waals surface area (Å²) >= 11 is 1.21. The first-order valence-corrected chi connectivity index (χ1v) is 6.64. The van der Waals surface area contributed by atoms with Crippen LogP contribution < -0.4 is 10.9 Å². The van der Waals surface area contributed by atoms with Crippen LogP contribution in [0, 0.1) is 6.92 Å². The monoisotopic (exact) mass is 291 g/mol. The number of aromatic nitrogens is 2. The Hall–Kier alpha value is -2.28. The number of carbonyl (C=O) groups is 1. The number of nitrogens with zero attached hydrogens (tertiary/aromatic N) is 2. The molecule has 2 heterocycles. The fourth-order valence-electron chi connectivity index (χ4n) is 1.69. The van der Waals surface area contributed by atoms with Crippen molar-refractivity contribution in [2.45, 2.75) is 6.92 Å². The van der Waals surface area contributed by atoms with Crippen LogP contribution in [0.2, 0.25) is 0 Å². The number of hydrogen-bond acceptors (Lipinski definition) is 7. The highest BCUT2D eigenvalue weighted by Crippen LogP contribution is 2.23. The first kappa shape index (κ1) is 14.1. The van der Waals surface area contributed by atoms with Crippen molar-refractivity contribution < 1.29 is 9.53 Å². The van der Waals surface area contributed by atoms with Crippen LogP contribution in [0.1, 0.15) is 16.1 Å². The van der Waals surface area contributed by atoms with Crippen LogP contribution >= 0.6 is 11.3 Å². The molecule has 0 atom stereocenters. The lowest BCUT2D eigenvalue weighted by Gasteiger charge is -2.06. The lowest BCUT2D eigenvalue weighted by Crippen LogP contribution is -2.15. The van der Waals surface area contributed by atoms with Crippen LogP contribution in [-0.4, -0.2) is 29.6 Å². The maximum absolute atomic E-state index is 12.1. The quantitative estimate of drug-likeness (QED) is 0.682. The van der Waals surface area contributed by atoms with E-state index in [1.165, 1.54) is 24.5 Å². The van der Waals surface area contributed by atoms with Gasteiger partial charge in [0.1, 0.15) is 4.83 Å². The smallest absolute Gasteiger partial charge is 0.338 e. The fourth-order valence-corrected chi connectivity index (χ4v) is 2.65. The first-order valence-electron chi connectivity index (χ1n) is 5.82. The van der Waals surface area contributed by atoms with Gasteiger partial charge in [-0.25, -0.2) is 9.78 Å². The van der Waals surface area contributed by atoms with Crippen molar-refractivity contribution in [2.24, 2.45) is 0 Å². The van der Waals surface area contributed by atoms with E-state index in [0.29, 0.717) is 22.2 Å². The average molecular weight is 291 g/mol. The second-order valence-electron chi connectivity index (χ2n) is 3.98. The Morgan fingerprint density at radius 3 is 2.95 bits per heavy atom. The molecule has 2 aromatic heterocycles. The normalized spacial score (nSPS) is 10.3. The van der Waals surface area contributed by atoms with Gasteiger partial charge in [0, 0.05) is 12.2 Å². The first-order chi connectivity index (χ1) is 9.56. The molecular weight excluding hydrogens is 278 g/mol. The molecule has 7 heteroatoms. The molecule has 0 unspecified atom stereocenters. The third kappa shape index (κ3) is 2.67. The van der Waals surface area contributed by atoms with Gasteiger partial charge in [0.25, 0.3) is 5.56 Å². The summed E-state index contributed by atoms with van der Waals surface area (Å²) in [6.07, 6.45) is 1.66. The summed E-state index contributed by atoms with van der Waals surface area (Å²) < 4.78 is 4.69. The van der Waals surface area contributed by atoms with Gasteiger partial charge in [-0.2, -0.15) is 4.98 Å². The number of carbonyl (C=O) groups excluding carboxylic acids is 1. The number of anilines is 1. The van der Waals surface area contributed by atoms with Crippen molar-refractivity contribution in [2.75, 3.05) is 19.0 Å². The highest BCUT2D eigenvalue weighted by molar-refractivity contribution is 7.21. The van der Waals surface area contributed by atoms with Crippen molar-refractivity contribution >= 4 is 32.7 Å². The number of methoxy groups -OCH3 is 1. The maximum atomic E-state index is 12.1. The van der Waals surface area contributed by atoms with Gasteiger partial charge in [-0.1, -0.05) is 17.4 Å². The molecule has 20 heavy (non-hydrogen) atoms. The summed E-state index contributed by atoms with van der Waals surface area (Å²) in [4.78, 5) is 32.5. The van der Waals surface area contributed by atoms with Crippen molar-refractivity contribution in [1.82, 2.24) is 9.97 Å². The van der Waals surface area contributed by atoms with E-state index in [2.05, 4.69) is 21.9 Å². The molecule has 0 saturated carbocycles. The number of nitrogens with one attached hydrogen (secondary N) is 1. The molecule has 104 valence electrons. The summed E-state index contributed by atoms with van der Waals surface area (Å²) in [6, 6.07) is 1.53. The predicted octanol–water partition coefficient (Wildman–Crippen LogP) is 1.74. The molecule has 0 aliphatic carbocycles. The van der Waals surface area contributed by atoms with Crippen LogP contribution in [0.5, 0.6) is 0 Å². The Morgan fingerprint density at radius 2 is 2.30 bits per heavy atom. The third-order valence-corrected chi connectivity index (χ3v) is 3.45. The Kier molecular flexibility index (Phi) is 4.09. The van der Waals surface area contributed by atoms with E-state index >= 15 is 0 Å². The zero-order valence-electron chi connectivity index (χ0n) is 11.1. The Bertz CT molecular complexity index is 739. The Labute approximate surface area is 119 Å². The molecule has 0 aliphatic rings. The summed E-state index contributed by atoms with van der Waals surface area (Å²) in [7, 11) is 1.27. The van der Waals surface area contributed by atoms with Crippen LogP contribution in [0.25, 0.3) is 10.2 Å².